The average molecular weight is 482 g/mol. The molecule has 1 unspecified atom stereocenters. The maximum absolute atomic E-state index is 12.6. The number of methoxy groups -OCH3 is 1. The van der Waals surface area contributed by atoms with E-state index in [1.54, 1.807) is 50.4 Å². The van der Waals surface area contributed by atoms with Crippen molar-refractivity contribution in [3.8, 4) is 11.5 Å². The Bertz CT molecular complexity index is 935. The molecule has 0 saturated carbocycles. The Morgan fingerprint density at radius 1 is 1.09 bits per heavy atom. The van der Waals surface area contributed by atoms with Gasteiger partial charge in [0.15, 0.2) is 11.5 Å². The molecule has 2 aromatic carbocycles. The quantitative estimate of drug-likeness (QED) is 0.494. The second-order valence-corrected chi connectivity index (χ2v) is 7.81. The van der Waals surface area contributed by atoms with E-state index in [1.165, 1.54) is 0 Å². The Hall–Kier alpha value is -2.48. The first-order chi connectivity index (χ1) is 15.3. The van der Waals surface area contributed by atoms with Crippen molar-refractivity contribution in [2.24, 2.45) is 0 Å². The average Bonchev–Trinajstić information content (AvgIpc) is 2.78. The van der Waals surface area contributed by atoms with Gasteiger partial charge >= 0.3 is 0 Å². The highest BCUT2D eigenvalue weighted by molar-refractivity contribution is 6.43. The van der Waals surface area contributed by atoms with E-state index in [-0.39, 0.29) is 15.6 Å². The van der Waals surface area contributed by atoms with Crippen molar-refractivity contribution >= 4 is 40.7 Å². The number of hydrogen-bond acceptors (Lipinski definition) is 5. The number of likely N-dealkylation sites (N-methyl/N-ethyl adjacent to an activating group) is 1. The Morgan fingerprint density at radius 2 is 1.81 bits per heavy atom. The Labute approximate surface area is 199 Å². The molecule has 32 heavy (non-hydrogen) atoms. The van der Waals surface area contributed by atoms with Gasteiger partial charge in [0.05, 0.1) is 22.7 Å². The second-order valence-electron chi connectivity index (χ2n) is 7.03. The van der Waals surface area contributed by atoms with Crippen molar-refractivity contribution in [1.29, 1.82) is 0 Å². The molecule has 0 aliphatic carbocycles. The number of nitrogens with zero attached hydrogens (tertiary/aromatic N) is 1. The summed E-state index contributed by atoms with van der Waals surface area (Å²) < 4.78 is 11.2. The molecule has 0 saturated heterocycles. The summed E-state index contributed by atoms with van der Waals surface area (Å²) in [6.07, 6.45) is 0. The zero-order valence-electron chi connectivity index (χ0n) is 18.7. The summed E-state index contributed by atoms with van der Waals surface area (Å²) in [5.41, 5.74) is 0.725. The van der Waals surface area contributed by atoms with Crippen LogP contribution in [0.4, 0.5) is 5.69 Å². The summed E-state index contributed by atoms with van der Waals surface area (Å²) in [6.45, 7) is 8.93. The zero-order valence-corrected chi connectivity index (χ0v) is 20.2. The number of ether oxygens (including phenoxy) is 2. The SMILES string of the molecule is CCN(CC)CCOc1cc(NC(=O)C(C)NC(=O)c2cccc(Cl)c2Cl)ccc1OC. The van der Waals surface area contributed by atoms with Crippen LogP contribution in [0.3, 0.4) is 0 Å². The highest BCUT2D eigenvalue weighted by Crippen LogP contribution is 2.30. The highest BCUT2D eigenvalue weighted by Gasteiger charge is 2.20. The molecule has 1 atom stereocenters. The fourth-order valence-electron chi connectivity index (χ4n) is 2.96. The van der Waals surface area contributed by atoms with Crippen LogP contribution in [0.5, 0.6) is 11.5 Å². The van der Waals surface area contributed by atoms with Crippen molar-refractivity contribution in [1.82, 2.24) is 10.2 Å². The van der Waals surface area contributed by atoms with Crippen LogP contribution < -0.4 is 20.1 Å². The maximum Gasteiger partial charge on any atom is 0.253 e. The van der Waals surface area contributed by atoms with Crippen molar-refractivity contribution in [2.45, 2.75) is 26.8 Å². The van der Waals surface area contributed by atoms with Gasteiger partial charge in [-0.25, -0.2) is 0 Å². The molecule has 9 heteroatoms. The number of carbonyl (C=O) groups is 2. The molecule has 0 bridgehead atoms. The topological polar surface area (TPSA) is 79.9 Å². The number of carbonyl (C=O) groups excluding carboxylic acids is 2. The van der Waals surface area contributed by atoms with Crippen LogP contribution in [0.15, 0.2) is 36.4 Å². The van der Waals surface area contributed by atoms with Crippen LogP contribution in [0, 0.1) is 0 Å². The lowest BCUT2D eigenvalue weighted by Gasteiger charge is -2.19. The van der Waals surface area contributed by atoms with E-state index in [0.29, 0.717) is 23.8 Å². The number of hydrogen-bond donors (Lipinski definition) is 2. The van der Waals surface area contributed by atoms with Gasteiger partial charge in [-0.1, -0.05) is 43.1 Å². The smallest absolute Gasteiger partial charge is 0.253 e. The summed E-state index contributed by atoms with van der Waals surface area (Å²) in [6, 6.07) is 9.05. The fraction of sp³-hybridized carbons (Fsp3) is 0.391. The molecule has 174 valence electrons. The van der Waals surface area contributed by atoms with Crippen LogP contribution in [0.25, 0.3) is 0 Å². The number of amides is 2. The molecule has 2 N–H and O–H groups in total. The first-order valence-electron chi connectivity index (χ1n) is 10.4. The highest BCUT2D eigenvalue weighted by atomic mass is 35.5. The lowest BCUT2D eigenvalue weighted by Crippen LogP contribution is -2.41. The van der Waals surface area contributed by atoms with Gasteiger partial charge < -0.3 is 25.0 Å². The van der Waals surface area contributed by atoms with Crippen LogP contribution in [0.1, 0.15) is 31.1 Å². The van der Waals surface area contributed by atoms with Crippen LogP contribution in [-0.2, 0) is 4.79 Å². The van der Waals surface area contributed by atoms with Crippen LogP contribution in [-0.4, -0.2) is 56.1 Å². The summed E-state index contributed by atoms with van der Waals surface area (Å²) in [7, 11) is 1.56. The first-order valence-corrected chi connectivity index (χ1v) is 11.1. The summed E-state index contributed by atoms with van der Waals surface area (Å²) >= 11 is 12.0. The third-order valence-corrected chi connectivity index (χ3v) is 5.75. The normalized spacial score (nSPS) is 11.7. The minimum absolute atomic E-state index is 0.140. The number of rotatable bonds is 11. The summed E-state index contributed by atoms with van der Waals surface area (Å²) in [5.74, 6) is 0.213. The molecule has 0 aliphatic rings. The van der Waals surface area contributed by atoms with Gasteiger partial charge in [0.1, 0.15) is 12.6 Å². The van der Waals surface area contributed by atoms with E-state index < -0.39 is 17.9 Å². The van der Waals surface area contributed by atoms with Crippen LogP contribution in [0.2, 0.25) is 10.0 Å². The predicted octanol–water partition coefficient (Wildman–Crippen LogP) is 4.48. The second kappa shape index (κ2) is 12.5. The van der Waals surface area contributed by atoms with E-state index in [2.05, 4.69) is 29.4 Å². The van der Waals surface area contributed by atoms with Gasteiger partial charge in [-0.2, -0.15) is 0 Å². The standard InChI is InChI=1S/C23H29Cl2N3O4/c1-5-28(6-2)12-13-32-20-14-16(10-11-19(20)31-4)27-22(29)15(3)26-23(30)17-8-7-9-18(24)21(17)25/h7-11,14-15H,5-6,12-13H2,1-4H3,(H,26,30)(H,27,29). The lowest BCUT2D eigenvalue weighted by molar-refractivity contribution is -0.117. The molecule has 2 rings (SSSR count). The third-order valence-electron chi connectivity index (χ3n) is 4.93. The van der Waals surface area contributed by atoms with Gasteiger partial charge in [0.25, 0.3) is 5.91 Å². The number of benzene rings is 2. The Kier molecular flexibility index (Phi) is 10.1. The van der Waals surface area contributed by atoms with Gasteiger partial charge in [0, 0.05) is 18.3 Å². The van der Waals surface area contributed by atoms with E-state index in [9.17, 15) is 9.59 Å². The van der Waals surface area contributed by atoms with Crippen molar-refractivity contribution in [3.05, 3.63) is 52.0 Å². The molecule has 2 aromatic rings. The lowest BCUT2D eigenvalue weighted by atomic mass is 10.2. The van der Waals surface area contributed by atoms with E-state index in [4.69, 9.17) is 32.7 Å². The number of nitrogens with one attached hydrogen (secondary N) is 2. The molecule has 0 fully saturated rings. The van der Waals surface area contributed by atoms with Gasteiger partial charge in [0.2, 0.25) is 5.91 Å². The minimum Gasteiger partial charge on any atom is -0.493 e. The first kappa shape index (κ1) is 25.8. The van der Waals surface area contributed by atoms with Crippen molar-refractivity contribution in [3.63, 3.8) is 0 Å². The number of anilines is 1. The molecule has 0 radical (unpaired) electrons. The van der Waals surface area contributed by atoms with Crippen LogP contribution >= 0.6 is 23.2 Å². The summed E-state index contributed by atoms with van der Waals surface area (Å²) in [5, 5.41) is 5.81. The zero-order chi connectivity index (χ0) is 23.7. The predicted molar refractivity (Wildman–Crippen MR) is 128 cm³/mol. The Balaban J connectivity index is 2.02. The molecule has 0 aromatic heterocycles. The molecular formula is C23H29Cl2N3O4. The van der Waals surface area contributed by atoms with Crippen molar-refractivity contribution in [2.75, 3.05) is 38.7 Å². The third kappa shape index (κ3) is 7.02. The van der Waals surface area contributed by atoms with E-state index in [1.807, 2.05) is 0 Å². The largest absolute Gasteiger partial charge is 0.493 e. The minimum atomic E-state index is -0.813. The van der Waals surface area contributed by atoms with E-state index in [0.717, 1.165) is 19.6 Å². The monoisotopic (exact) mass is 481 g/mol. The van der Waals surface area contributed by atoms with Gasteiger partial charge in [-0.05, 0) is 44.3 Å². The van der Waals surface area contributed by atoms with Gasteiger partial charge in [-0.15, -0.1) is 0 Å². The molecule has 7 nitrogen and oxygen atoms in total. The number of halogens is 2. The molecule has 0 heterocycles. The van der Waals surface area contributed by atoms with Gasteiger partial charge in [-0.3, -0.25) is 9.59 Å². The Morgan fingerprint density at radius 3 is 2.47 bits per heavy atom. The summed E-state index contributed by atoms with van der Waals surface area (Å²) in [4.78, 5) is 27.3. The van der Waals surface area contributed by atoms with Crippen molar-refractivity contribution < 1.29 is 19.1 Å². The van der Waals surface area contributed by atoms with E-state index >= 15 is 0 Å². The maximum atomic E-state index is 12.6. The fourth-order valence-corrected chi connectivity index (χ4v) is 3.35. The molecular weight excluding hydrogens is 453 g/mol. The molecule has 2 amide bonds. The molecule has 0 aliphatic heterocycles. The molecule has 0 spiro atoms.